The van der Waals surface area contributed by atoms with Crippen LogP contribution in [0.25, 0.3) is 11.1 Å². The molecular weight excluding hydrogens is 402 g/mol. The Kier molecular flexibility index (Phi) is 6.65. The van der Waals surface area contributed by atoms with Gasteiger partial charge >= 0.3 is 6.03 Å². The molecule has 0 spiro atoms. The van der Waals surface area contributed by atoms with E-state index in [-0.39, 0.29) is 29.9 Å². The number of nitrogens with two attached hydrogens (primary N) is 1. The van der Waals surface area contributed by atoms with Gasteiger partial charge in [0, 0.05) is 24.1 Å². The third kappa shape index (κ3) is 5.06. The van der Waals surface area contributed by atoms with Crippen LogP contribution in [0.1, 0.15) is 34.0 Å². The van der Waals surface area contributed by atoms with Gasteiger partial charge in [-0.3, -0.25) is 4.79 Å². The van der Waals surface area contributed by atoms with Crippen LogP contribution in [0.15, 0.2) is 54.6 Å². The predicted molar refractivity (Wildman–Crippen MR) is 114 cm³/mol. The zero-order valence-electron chi connectivity index (χ0n) is 17.2. The lowest BCUT2D eigenvalue weighted by Gasteiger charge is -2.14. The molecule has 31 heavy (non-hydrogen) atoms. The summed E-state index contributed by atoms with van der Waals surface area (Å²) in [6, 6.07) is 13.7. The molecule has 3 aromatic carbocycles. The number of ether oxygens (including phenoxy) is 1. The van der Waals surface area contributed by atoms with Crippen LogP contribution in [0.5, 0.6) is 5.75 Å². The van der Waals surface area contributed by atoms with Gasteiger partial charge in [-0.05, 0) is 41.8 Å². The first-order valence-corrected chi connectivity index (χ1v) is 9.57. The van der Waals surface area contributed by atoms with Crippen molar-refractivity contribution in [1.82, 2.24) is 5.32 Å². The second-order valence-corrected chi connectivity index (χ2v) is 7.07. The summed E-state index contributed by atoms with van der Waals surface area (Å²) in [4.78, 5) is 22.5. The van der Waals surface area contributed by atoms with Gasteiger partial charge in [-0.2, -0.15) is 0 Å². The Labute approximate surface area is 178 Å². The largest absolute Gasteiger partial charge is 0.496 e. The van der Waals surface area contributed by atoms with E-state index >= 15 is 4.39 Å². The minimum absolute atomic E-state index is 0.0328. The fraction of sp³-hybridized carbons (Fsp3) is 0.167. The van der Waals surface area contributed by atoms with Crippen LogP contribution < -0.4 is 15.8 Å². The zero-order chi connectivity index (χ0) is 22.5. The number of amides is 2. The van der Waals surface area contributed by atoms with Crippen LogP contribution in [-0.2, 0) is 13.0 Å². The number of hydrogen-bond donors (Lipinski definition) is 2. The quantitative estimate of drug-likeness (QED) is 0.544. The van der Waals surface area contributed by atoms with E-state index in [1.807, 2.05) is 0 Å². The highest BCUT2D eigenvalue weighted by Gasteiger charge is 2.18. The smallest absolute Gasteiger partial charge is 0.312 e. The normalized spacial score (nSPS) is 10.6. The van der Waals surface area contributed by atoms with Crippen LogP contribution in [0, 0.1) is 11.6 Å². The van der Waals surface area contributed by atoms with Gasteiger partial charge in [-0.1, -0.05) is 36.4 Å². The number of halogens is 2. The molecule has 0 aliphatic rings. The van der Waals surface area contributed by atoms with Gasteiger partial charge in [-0.25, -0.2) is 13.6 Å². The Balaban J connectivity index is 1.96. The number of urea groups is 1. The Bertz CT molecular complexity index is 1150. The topological polar surface area (TPSA) is 81.4 Å². The molecule has 0 saturated heterocycles. The van der Waals surface area contributed by atoms with Crippen molar-refractivity contribution in [2.45, 2.75) is 19.9 Å². The number of rotatable bonds is 7. The molecule has 0 unspecified atom stereocenters. The number of carbonyl (C=O) groups excluding carboxylic acids is 2. The Hall–Kier alpha value is -3.74. The van der Waals surface area contributed by atoms with Crippen LogP contribution >= 0.6 is 0 Å². The molecular formula is C24H22F2N2O3. The molecule has 0 fully saturated rings. The fourth-order valence-corrected chi connectivity index (χ4v) is 3.32. The van der Waals surface area contributed by atoms with Gasteiger partial charge in [0.15, 0.2) is 5.78 Å². The number of hydrogen-bond acceptors (Lipinski definition) is 3. The maximum Gasteiger partial charge on any atom is 0.312 e. The second kappa shape index (κ2) is 9.38. The van der Waals surface area contributed by atoms with Gasteiger partial charge < -0.3 is 15.8 Å². The van der Waals surface area contributed by atoms with Crippen molar-refractivity contribution in [3.63, 3.8) is 0 Å². The molecule has 5 nitrogen and oxygen atoms in total. The fourth-order valence-electron chi connectivity index (χ4n) is 3.32. The van der Waals surface area contributed by atoms with Crippen molar-refractivity contribution in [1.29, 1.82) is 0 Å². The van der Waals surface area contributed by atoms with Crippen molar-refractivity contribution in [2.24, 2.45) is 5.73 Å². The Morgan fingerprint density at radius 1 is 1.03 bits per heavy atom. The van der Waals surface area contributed by atoms with Crippen LogP contribution in [0.4, 0.5) is 13.6 Å². The summed E-state index contributed by atoms with van der Waals surface area (Å²) >= 11 is 0. The summed E-state index contributed by atoms with van der Waals surface area (Å²) in [5.74, 6) is -0.811. The molecule has 3 aromatic rings. The number of carbonyl (C=O) groups is 2. The van der Waals surface area contributed by atoms with E-state index in [0.717, 1.165) is 0 Å². The van der Waals surface area contributed by atoms with E-state index in [2.05, 4.69) is 5.32 Å². The highest BCUT2D eigenvalue weighted by molar-refractivity contribution is 5.95. The summed E-state index contributed by atoms with van der Waals surface area (Å²) in [5, 5.41) is 2.33. The monoisotopic (exact) mass is 424 g/mol. The van der Waals surface area contributed by atoms with E-state index in [9.17, 15) is 14.0 Å². The minimum atomic E-state index is -0.745. The maximum atomic E-state index is 15.5. The van der Waals surface area contributed by atoms with Crippen molar-refractivity contribution in [3.05, 3.63) is 88.5 Å². The summed E-state index contributed by atoms with van der Waals surface area (Å²) < 4.78 is 35.2. The minimum Gasteiger partial charge on any atom is -0.496 e. The Morgan fingerprint density at radius 2 is 1.77 bits per heavy atom. The van der Waals surface area contributed by atoms with Gasteiger partial charge in [0.25, 0.3) is 0 Å². The first-order valence-electron chi connectivity index (χ1n) is 9.57. The molecule has 0 radical (unpaired) electrons. The first kappa shape index (κ1) is 22.0. The van der Waals surface area contributed by atoms with E-state index in [1.54, 1.807) is 42.5 Å². The summed E-state index contributed by atoms with van der Waals surface area (Å²) in [7, 11) is 1.45. The number of benzene rings is 3. The molecule has 160 valence electrons. The maximum absolute atomic E-state index is 15.5. The van der Waals surface area contributed by atoms with Gasteiger partial charge in [0.1, 0.15) is 17.4 Å². The van der Waals surface area contributed by atoms with Crippen molar-refractivity contribution in [3.8, 4) is 16.9 Å². The molecule has 0 aromatic heterocycles. The lowest BCUT2D eigenvalue weighted by atomic mass is 9.95. The highest BCUT2D eigenvalue weighted by Crippen LogP contribution is 2.35. The molecule has 0 aliphatic carbocycles. The number of nitrogens with one attached hydrogen (secondary N) is 1. The summed E-state index contributed by atoms with van der Waals surface area (Å²) in [6.07, 6.45) is 0.148. The molecule has 7 heteroatoms. The van der Waals surface area contributed by atoms with E-state index in [0.29, 0.717) is 28.0 Å². The van der Waals surface area contributed by atoms with E-state index < -0.39 is 17.7 Å². The molecule has 2 amide bonds. The van der Waals surface area contributed by atoms with Crippen LogP contribution in [-0.4, -0.2) is 18.9 Å². The van der Waals surface area contributed by atoms with Crippen molar-refractivity contribution in [2.75, 3.05) is 7.11 Å². The van der Waals surface area contributed by atoms with Crippen molar-refractivity contribution < 1.29 is 23.1 Å². The third-order valence-corrected chi connectivity index (χ3v) is 4.93. The molecule has 0 bridgehead atoms. The SMILES string of the molecule is COc1ccc(Cc2ccc(CNC(N)=O)c(F)c2)c(F)c1-c1cccc(C(C)=O)c1. The first-order chi connectivity index (χ1) is 14.8. The second-order valence-electron chi connectivity index (χ2n) is 7.07. The molecule has 0 atom stereocenters. The van der Waals surface area contributed by atoms with Crippen LogP contribution in [0.2, 0.25) is 0 Å². The third-order valence-electron chi connectivity index (χ3n) is 4.93. The number of ketones is 1. The lowest BCUT2D eigenvalue weighted by molar-refractivity contribution is 0.101. The van der Waals surface area contributed by atoms with Crippen LogP contribution in [0.3, 0.4) is 0 Å². The van der Waals surface area contributed by atoms with E-state index in [1.165, 1.54) is 26.2 Å². The zero-order valence-corrected chi connectivity index (χ0v) is 17.2. The summed E-state index contributed by atoms with van der Waals surface area (Å²) in [6.45, 7) is 1.41. The predicted octanol–water partition coefficient (Wildman–Crippen LogP) is 4.60. The standard InChI is InChI=1S/C24H22F2N2O3/c1-14(29)16-4-3-5-17(12-16)22-21(31-2)9-8-18(23(22)26)10-15-6-7-19(20(25)11-15)13-28-24(27)30/h3-9,11-12H,10,13H2,1-2H3,(H3,27,28,30). The number of Topliss-reactive ketones (excluding diaryl/α,β-unsaturated/α-hetero) is 1. The molecule has 0 aliphatic heterocycles. The molecule has 3 N–H and O–H groups in total. The van der Waals surface area contributed by atoms with Gasteiger partial charge in [-0.15, -0.1) is 0 Å². The highest BCUT2D eigenvalue weighted by atomic mass is 19.1. The van der Waals surface area contributed by atoms with Crippen molar-refractivity contribution >= 4 is 11.8 Å². The molecule has 0 heterocycles. The van der Waals surface area contributed by atoms with Gasteiger partial charge in [0.05, 0.1) is 12.7 Å². The molecule has 0 saturated carbocycles. The number of primary amides is 1. The average Bonchev–Trinajstić information content (AvgIpc) is 2.74. The summed E-state index contributed by atoms with van der Waals surface area (Å²) in [5.41, 5.74) is 7.42. The number of methoxy groups -OCH3 is 1. The average molecular weight is 424 g/mol. The van der Waals surface area contributed by atoms with Gasteiger partial charge in [0.2, 0.25) is 0 Å². The molecule has 3 rings (SSSR count). The lowest BCUT2D eigenvalue weighted by Crippen LogP contribution is -2.28. The van der Waals surface area contributed by atoms with E-state index in [4.69, 9.17) is 10.5 Å². The Morgan fingerprint density at radius 3 is 2.42 bits per heavy atom.